The zero-order valence-corrected chi connectivity index (χ0v) is 25.1. The first-order chi connectivity index (χ1) is 19.3. The summed E-state index contributed by atoms with van der Waals surface area (Å²) >= 11 is 11.9. The molecule has 1 aliphatic heterocycles. The number of nitrogens with two attached hydrogens (primary N) is 1. The molecule has 0 aliphatic carbocycles. The lowest BCUT2D eigenvalue weighted by atomic mass is 10.1. The Balaban J connectivity index is 1.56. The van der Waals surface area contributed by atoms with Gasteiger partial charge in [0.25, 0.3) is 5.13 Å². The molecule has 3 aromatic rings. The first-order valence-corrected chi connectivity index (χ1v) is 15.7. The molecule has 4 rings (SSSR count). The minimum absolute atomic E-state index is 0.0825. The van der Waals surface area contributed by atoms with Gasteiger partial charge in [-0.05, 0) is 51.6 Å². The molecule has 0 unspecified atom stereocenters. The van der Waals surface area contributed by atoms with E-state index in [2.05, 4.69) is 20.0 Å². The van der Waals surface area contributed by atoms with Gasteiger partial charge in [-0.2, -0.15) is 9.97 Å². The van der Waals surface area contributed by atoms with Crippen LogP contribution < -0.4 is 20.1 Å². The molecule has 6 atom stereocenters. The molecule has 13 nitrogen and oxygen atoms in total. The normalized spacial score (nSPS) is 24.7. The molecule has 1 fully saturated rings. The van der Waals surface area contributed by atoms with E-state index in [4.69, 9.17) is 52.4 Å². The highest BCUT2D eigenvalue weighted by Gasteiger charge is 2.58. The predicted molar refractivity (Wildman–Crippen MR) is 152 cm³/mol. The summed E-state index contributed by atoms with van der Waals surface area (Å²) in [5.41, 5.74) is 6.09. The van der Waals surface area contributed by atoms with Crippen molar-refractivity contribution in [1.29, 1.82) is 0 Å². The van der Waals surface area contributed by atoms with Crippen LogP contribution >= 0.6 is 18.2 Å². The van der Waals surface area contributed by atoms with Gasteiger partial charge in [-0.3, -0.25) is 9.36 Å². The summed E-state index contributed by atoms with van der Waals surface area (Å²) in [4.78, 5) is 24.8. The summed E-state index contributed by atoms with van der Waals surface area (Å²) in [6, 6.07) is 7.64. The summed E-state index contributed by atoms with van der Waals surface area (Å²) in [6.07, 6.45) is -3.91. The molecule has 17 heteroatoms. The molecule has 1 saturated heterocycles. The molecular formula is C24H31ClFN6O7PS. The third-order valence-corrected chi connectivity index (χ3v) is 8.66. The van der Waals surface area contributed by atoms with Gasteiger partial charge in [-0.1, -0.05) is 29.8 Å². The number of esters is 1. The maximum absolute atomic E-state index is 15.8. The first kappa shape index (κ1) is 31.3. The number of halogens is 2. The Morgan fingerprint density at radius 1 is 1.34 bits per heavy atom. The Morgan fingerprint density at radius 3 is 2.71 bits per heavy atom. The van der Waals surface area contributed by atoms with Gasteiger partial charge in [0.1, 0.15) is 24.0 Å². The molecule has 4 N–H and O–H groups in total. The number of hydrogen-bond donors (Lipinski definition) is 3. The summed E-state index contributed by atoms with van der Waals surface area (Å²) in [6.45, 7) is 3.04. The summed E-state index contributed by atoms with van der Waals surface area (Å²) in [7, 11) is 0. The van der Waals surface area contributed by atoms with Crippen molar-refractivity contribution in [2.24, 2.45) is 0 Å². The molecule has 0 spiro atoms. The molecule has 3 heterocycles. The van der Waals surface area contributed by atoms with Crippen molar-refractivity contribution in [3.8, 4) is 11.6 Å². The van der Waals surface area contributed by atoms with Gasteiger partial charge in [-0.15, -0.1) is 0 Å². The number of ether oxygens (including phenoxy) is 3. The third-order valence-electron chi connectivity index (χ3n) is 5.75. The van der Waals surface area contributed by atoms with Crippen LogP contribution in [0.5, 0.6) is 11.6 Å². The standard InChI is InChI=1S/C24H31ClFN6O7PS/c1-5-35-20-17-19(29-23(27)30-20)32(12-28-17)22-24(25,26)18(33)16(38-22)11-36-40(41,39-15-9-7-6-8-10-15)31-14(4)21(34)37-13(2)3/h6-10,12-14,16,18,22,33H,5,11H2,1-4H3,(H,31,41)(H2,27,29,30)/t14-,16+,18+,22+,24+,40+/m0/s1. The number of carbonyl (C=O) groups excluding carboxylic acids is 1. The van der Waals surface area contributed by atoms with Crippen molar-refractivity contribution in [2.75, 3.05) is 18.9 Å². The van der Waals surface area contributed by atoms with Gasteiger partial charge in [-0.25, -0.2) is 14.5 Å². The number of aromatic nitrogens is 4. The Morgan fingerprint density at radius 2 is 2.05 bits per heavy atom. The largest absolute Gasteiger partial charge is 0.476 e. The number of nitrogen functional groups attached to an aromatic ring is 1. The second-order valence-electron chi connectivity index (χ2n) is 9.32. The maximum Gasteiger partial charge on any atom is 0.323 e. The number of fused-ring (bicyclic) bond motifs is 1. The highest BCUT2D eigenvalue weighted by molar-refractivity contribution is 8.09. The number of anilines is 1. The molecule has 1 aliphatic rings. The van der Waals surface area contributed by atoms with Crippen LogP contribution in [-0.2, 0) is 30.6 Å². The van der Waals surface area contributed by atoms with Gasteiger partial charge in [0.2, 0.25) is 11.8 Å². The van der Waals surface area contributed by atoms with Gasteiger partial charge >= 0.3 is 12.6 Å². The number of alkyl halides is 2. The van der Waals surface area contributed by atoms with Crippen molar-refractivity contribution in [3.63, 3.8) is 0 Å². The Kier molecular flexibility index (Phi) is 9.69. The van der Waals surface area contributed by atoms with Crippen LogP contribution in [0.1, 0.15) is 33.9 Å². The van der Waals surface area contributed by atoms with Crippen LogP contribution in [0, 0.1) is 0 Å². The fourth-order valence-electron chi connectivity index (χ4n) is 3.93. The average Bonchev–Trinajstić information content (AvgIpc) is 3.41. The zero-order chi connectivity index (χ0) is 29.9. The minimum Gasteiger partial charge on any atom is -0.476 e. The monoisotopic (exact) mass is 632 g/mol. The molecule has 0 amide bonds. The number of nitrogens with zero attached hydrogens (tertiary/aromatic N) is 4. The number of hydrogen-bond acceptors (Lipinski definition) is 12. The number of aliphatic hydroxyl groups excluding tert-OH is 1. The van der Waals surface area contributed by atoms with E-state index in [0.717, 1.165) is 0 Å². The van der Waals surface area contributed by atoms with Crippen LogP contribution in [0.3, 0.4) is 0 Å². The van der Waals surface area contributed by atoms with E-state index in [9.17, 15) is 9.90 Å². The highest BCUT2D eigenvalue weighted by atomic mass is 35.5. The zero-order valence-electron chi connectivity index (χ0n) is 22.6. The summed E-state index contributed by atoms with van der Waals surface area (Å²) in [5, 5.41) is 10.9. The van der Waals surface area contributed by atoms with Gasteiger partial charge < -0.3 is 34.1 Å². The lowest BCUT2D eigenvalue weighted by Crippen LogP contribution is -2.40. The van der Waals surface area contributed by atoms with E-state index < -0.39 is 48.8 Å². The number of rotatable bonds is 12. The van der Waals surface area contributed by atoms with E-state index in [1.165, 1.54) is 10.9 Å². The Labute approximate surface area is 245 Å². The van der Waals surface area contributed by atoms with Crippen molar-refractivity contribution in [1.82, 2.24) is 24.6 Å². The number of aliphatic hydroxyl groups is 1. The Hall–Kier alpha value is -2.65. The number of imidazole rings is 1. The van der Waals surface area contributed by atoms with Crippen LogP contribution in [0.4, 0.5) is 10.3 Å². The fourth-order valence-corrected chi connectivity index (χ4v) is 6.64. The van der Waals surface area contributed by atoms with Crippen molar-refractivity contribution >= 4 is 53.1 Å². The van der Waals surface area contributed by atoms with Crippen molar-refractivity contribution in [2.45, 2.75) is 63.4 Å². The van der Waals surface area contributed by atoms with E-state index in [0.29, 0.717) is 5.75 Å². The van der Waals surface area contributed by atoms with Gasteiger partial charge in [0, 0.05) is 0 Å². The predicted octanol–water partition coefficient (Wildman–Crippen LogP) is 3.22. The number of nitrogens with one attached hydrogen (secondary N) is 1. The molecule has 224 valence electrons. The van der Waals surface area contributed by atoms with E-state index >= 15 is 4.39 Å². The lowest BCUT2D eigenvalue weighted by Gasteiger charge is -2.28. The van der Waals surface area contributed by atoms with E-state index in [-0.39, 0.29) is 35.7 Å². The molecule has 0 radical (unpaired) electrons. The third kappa shape index (κ3) is 7.05. The topological polar surface area (TPSA) is 165 Å². The first-order valence-electron chi connectivity index (χ1n) is 12.7. The van der Waals surface area contributed by atoms with Crippen molar-refractivity contribution < 1.29 is 37.5 Å². The van der Waals surface area contributed by atoms with Crippen LogP contribution in [0.2, 0.25) is 0 Å². The molecule has 2 aromatic heterocycles. The lowest BCUT2D eigenvalue weighted by molar-refractivity contribution is -0.149. The highest BCUT2D eigenvalue weighted by Crippen LogP contribution is 2.49. The second kappa shape index (κ2) is 12.7. The van der Waals surface area contributed by atoms with Crippen LogP contribution in [-0.4, -0.2) is 73.3 Å². The number of para-hydroxylation sites is 1. The maximum atomic E-state index is 15.8. The van der Waals surface area contributed by atoms with Crippen molar-refractivity contribution in [3.05, 3.63) is 36.7 Å². The average molecular weight is 633 g/mol. The number of benzene rings is 1. The fraction of sp³-hybridized carbons (Fsp3) is 0.500. The molecular weight excluding hydrogens is 602 g/mol. The SMILES string of the molecule is CCOc1nc(N)nc2c1ncn2[C@@H]1O[C@H](CO[P@](=S)(N[C@@H](C)C(=O)OC(C)C)Oc2ccccc2)[C@@H](O)[C@]1(F)Cl. The van der Waals surface area contributed by atoms with Crippen LogP contribution in [0.15, 0.2) is 36.7 Å². The molecule has 0 bridgehead atoms. The minimum atomic E-state index is -3.50. The van der Waals surface area contributed by atoms with E-state index in [1.54, 1.807) is 58.0 Å². The molecule has 41 heavy (non-hydrogen) atoms. The Bertz CT molecular complexity index is 1420. The number of carbonyl (C=O) groups is 1. The van der Waals surface area contributed by atoms with Crippen LogP contribution in [0.25, 0.3) is 11.2 Å². The van der Waals surface area contributed by atoms with E-state index in [1.807, 2.05) is 0 Å². The smallest absolute Gasteiger partial charge is 0.323 e. The van der Waals surface area contributed by atoms with Gasteiger partial charge in [0.15, 0.2) is 17.4 Å². The van der Waals surface area contributed by atoms with Gasteiger partial charge in [0.05, 0.1) is 25.6 Å². The quantitative estimate of drug-likeness (QED) is 0.152. The molecule has 0 saturated carbocycles. The summed E-state index contributed by atoms with van der Waals surface area (Å²) in [5.74, 6) is -0.255. The second-order valence-corrected chi connectivity index (χ2v) is 13.0. The summed E-state index contributed by atoms with van der Waals surface area (Å²) < 4.78 is 45.4. The molecule has 1 aromatic carbocycles.